The average molecular weight is 546 g/mol. The smallest absolute Gasteiger partial charge is 0.302 e. The molecule has 1 spiro atoms. The summed E-state index contributed by atoms with van der Waals surface area (Å²) < 4.78 is 25.2. The van der Waals surface area contributed by atoms with Gasteiger partial charge in [-0.1, -0.05) is 32.9 Å². The zero-order valence-electron chi connectivity index (χ0n) is 24.5. The Balaban J connectivity index is 1.32. The number of oxime groups is 1. The zero-order chi connectivity index (χ0) is 27.9. The SMILES string of the molecule is CC(=O)O[C@H]1CC[C@@]2(C)[C@@H](CC[C@@H]3[C@@H]2C[C@@H](OC(C)=O)[C@]2(C)[C@@H]4[C@H](C[C@@H]32)O[C@@]2(OC[C@H](C)C/C2=N\O)[C@H]4C)C1. The van der Waals surface area contributed by atoms with E-state index in [0.29, 0.717) is 42.4 Å². The number of rotatable bonds is 2. The molecule has 2 heterocycles. The van der Waals surface area contributed by atoms with E-state index in [9.17, 15) is 14.8 Å². The van der Waals surface area contributed by atoms with E-state index in [4.69, 9.17) is 18.9 Å². The van der Waals surface area contributed by atoms with Gasteiger partial charge in [-0.3, -0.25) is 9.59 Å². The van der Waals surface area contributed by atoms with Crippen LogP contribution in [-0.2, 0) is 28.5 Å². The number of carbonyl (C=O) groups excluding carboxylic acids is 2. The van der Waals surface area contributed by atoms with Crippen molar-refractivity contribution in [1.82, 2.24) is 0 Å². The summed E-state index contributed by atoms with van der Waals surface area (Å²) in [6.45, 7) is 12.7. The highest BCUT2D eigenvalue weighted by Gasteiger charge is 2.73. The zero-order valence-corrected chi connectivity index (χ0v) is 24.5. The Hall–Kier alpha value is -1.67. The monoisotopic (exact) mass is 545 g/mol. The first-order valence-electron chi connectivity index (χ1n) is 15.3. The lowest BCUT2D eigenvalue weighted by atomic mass is 9.43. The van der Waals surface area contributed by atoms with E-state index < -0.39 is 5.79 Å². The van der Waals surface area contributed by atoms with Gasteiger partial charge in [-0.15, -0.1) is 0 Å². The lowest BCUT2D eigenvalue weighted by Crippen LogP contribution is -2.61. The predicted octanol–water partition coefficient (Wildman–Crippen LogP) is 5.35. The van der Waals surface area contributed by atoms with Crippen LogP contribution in [0.15, 0.2) is 5.16 Å². The molecule has 0 aromatic heterocycles. The molecule has 4 saturated carbocycles. The maximum absolute atomic E-state index is 12.5. The molecule has 13 atom stereocenters. The summed E-state index contributed by atoms with van der Waals surface area (Å²) in [7, 11) is 0. The summed E-state index contributed by atoms with van der Waals surface area (Å²) in [5, 5.41) is 13.7. The molecule has 39 heavy (non-hydrogen) atoms. The first-order valence-corrected chi connectivity index (χ1v) is 15.3. The van der Waals surface area contributed by atoms with Crippen LogP contribution in [0.3, 0.4) is 0 Å². The molecule has 0 bridgehead atoms. The van der Waals surface area contributed by atoms with Gasteiger partial charge < -0.3 is 24.2 Å². The molecule has 0 aromatic carbocycles. The number of nitrogens with zero attached hydrogens (tertiary/aromatic N) is 1. The maximum Gasteiger partial charge on any atom is 0.302 e. The van der Waals surface area contributed by atoms with Gasteiger partial charge in [-0.05, 0) is 86.4 Å². The summed E-state index contributed by atoms with van der Waals surface area (Å²) in [6, 6.07) is 0. The van der Waals surface area contributed by atoms with Crippen LogP contribution in [0, 0.1) is 52.3 Å². The summed E-state index contributed by atoms with van der Waals surface area (Å²) >= 11 is 0. The summed E-state index contributed by atoms with van der Waals surface area (Å²) in [5.41, 5.74) is 0.494. The molecule has 4 aliphatic carbocycles. The van der Waals surface area contributed by atoms with Crippen LogP contribution in [0.1, 0.15) is 92.9 Å². The number of hydrogen-bond donors (Lipinski definition) is 1. The molecule has 2 saturated heterocycles. The molecule has 6 fully saturated rings. The quantitative estimate of drug-likeness (QED) is 0.284. The lowest BCUT2D eigenvalue weighted by molar-refractivity contribution is -0.224. The number of hydrogen-bond acceptors (Lipinski definition) is 8. The van der Waals surface area contributed by atoms with E-state index in [0.717, 1.165) is 44.9 Å². The van der Waals surface area contributed by atoms with Crippen molar-refractivity contribution in [1.29, 1.82) is 0 Å². The van der Waals surface area contributed by atoms with Gasteiger partial charge in [0.2, 0.25) is 5.79 Å². The standard InChI is InChI=1S/C31H47NO7/c1-16-11-26(32-35)31(36-15-16)17(2)28-25(39-31)13-24-22-8-7-20-12-21(37-18(3)33)9-10-29(20,5)23(22)14-27(30(24,28)6)38-19(4)34/h16-17,20-25,27-28,35H,7-15H2,1-6H3/b32-26+/t16-,17+,20+,21+,22-,23+,24+,25+,27-,28+,29+,30-,31+/m1/s1. The van der Waals surface area contributed by atoms with Crippen LogP contribution in [0.4, 0.5) is 0 Å². The van der Waals surface area contributed by atoms with Crippen LogP contribution >= 0.6 is 0 Å². The molecule has 6 aliphatic rings. The summed E-state index contributed by atoms with van der Waals surface area (Å²) in [6.07, 6.45) is 7.43. The largest absolute Gasteiger partial charge is 0.463 e. The van der Waals surface area contributed by atoms with E-state index in [-0.39, 0.29) is 58.8 Å². The second-order valence-corrected chi connectivity index (χ2v) is 14.4. The molecule has 2 aliphatic heterocycles. The first kappa shape index (κ1) is 27.5. The number of ether oxygens (including phenoxy) is 4. The molecular weight excluding hydrogens is 498 g/mol. The topological polar surface area (TPSA) is 104 Å². The van der Waals surface area contributed by atoms with Crippen molar-refractivity contribution < 1.29 is 33.7 Å². The Morgan fingerprint density at radius 1 is 1.00 bits per heavy atom. The molecule has 6 rings (SSSR count). The fraction of sp³-hybridized carbons (Fsp3) is 0.903. The molecule has 1 N–H and O–H groups in total. The van der Waals surface area contributed by atoms with E-state index in [1.807, 2.05) is 0 Å². The van der Waals surface area contributed by atoms with Crippen LogP contribution in [0.25, 0.3) is 0 Å². The molecular formula is C31H47NO7. The van der Waals surface area contributed by atoms with Crippen molar-refractivity contribution >= 4 is 17.7 Å². The van der Waals surface area contributed by atoms with Crippen molar-refractivity contribution in [2.24, 2.45) is 57.4 Å². The van der Waals surface area contributed by atoms with Gasteiger partial charge in [0, 0.05) is 31.1 Å². The molecule has 218 valence electrons. The third-order valence-electron chi connectivity index (χ3n) is 12.5. The van der Waals surface area contributed by atoms with Crippen molar-refractivity contribution in [3.8, 4) is 0 Å². The number of carbonyl (C=O) groups is 2. The fourth-order valence-corrected chi connectivity index (χ4v) is 11.0. The van der Waals surface area contributed by atoms with Gasteiger partial charge in [0.15, 0.2) is 0 Å². The van der Waals surface area contributed by atoms with Crippen molar-refractivity contribution in [3.63, 3.8) is 0 Å². The van der Waals surface area contributed by atoms with Gasteiger partial charge >= 0.3 is 11.9 Å². The molecule has 8 heteroatoms. The van der Waals surface area contributed by atoms with Gasteiger partial charge in [-0.2, -0.15) is 0 Å². The fourth-order valence-electron chi connectivity index (χ4n) is 11.0. The summed E-state index contributed by atoms with van der Waals surface area (Å²) in [5.74, 6) is 0.898. The van der Waals surface area contributed by atoms with E-state index in [2.05, 4.69) is 32.9 Å². The van der Waals surface area contributed by atoms with Crippen molar-refractivity contribution in [2.45, 2.75) is 117 Å². The van der Waals surface area contributed by atoms with Crippen LogP contribution < -0.4 is 0 Å². The molecule has 0 unspecified atom stereocenters. The highest BCUT2D eigenvalue weighted by atomic mass is 16.7. The minimum Gasteiger partial charge on any atom is -0.463 e. The Morgan fingerprint density at radius 2 is 1.74 bits per heavy atom. The minimum atomic E-state index is -0.999. The Bertz CT molecular complexity index is 1050. The van der Waals surface area contributed by atoms with Gasteiger partial charge in [0.05, 0.1) is 12.7 Å². The maximum atomic E-state index is 12.5. The number of esters is 2. The highest BCUT2D eigenvalue weighted by molar-refractivity contribution is 5.92. The third kappa shape index (κ3) is 3.93. The van der Waals surface area contributed by atoms with Crippen molar-refractivity contribution in [2.75, 3.05) is 6.61 Å². The highest BCUT2D eigenvalue weighted by Crippen LogP contribution is 2.71. The lowest BCUT2D eigenvalue weighted by Gasteiger charge is -2.62. The average Bonchev–Trinajstić information content (AvgIpc) is 3.32. The summed E-state index contributed by atoms with van der Waals surface area (Å²) in [4.78, 5) is 24.2. The van der Waals surface area contributed by atoms with Crippen LogP contribution in [-0.4, -0.2) is 53.6 Å². The minimum absolute atomic E-state index is 0.0170. The molecule has 0 aromatic rings. The van der Waals surface area contributed by atoms with Crippen molar-refractivity contribution in [3.05, 3.63) is 0 Å². The Labute approximate surface area is 232 Å². The second kappa shape index (κ2) is 9.43. The predicted molar refractivity (Wildman–Crippen MR) is 143 cm³/mol. The first-order chi connectivity index (χ1) is 18.4. The molecule has 0 radical (unpaired) electrons. The van der Waals surface area contributed by atoms with Gasteiger partial charge in [0.1, 0.15) is 17.9 Å². The normalized spacial score (nSPS) is 53.4. The van der Waals surface area contributed by atoms with Crippen LogP contribution in [0.2, 0.25) is 0 Å². The Kier molecular flexibility index (Phi) is 6.65. The molecule has 0 amide bonds. The molecule has 8 nitrogen and oxygen atoms in total. The Morgan fingerprint density at radius 3 is 2.44 bits per heavy atom. The van der Waals surface area contributed by atoms with Crippen LogP contribution in [0.5, 0.6) is 0 Å². The van der Waals surface area contributed by atoms with E-state index in [1.54, 1.807) is 0 Å². The van der Waals surface area contributed by atoms with Gasteiger partial charge in [-0.25, -0.2) is 0 Å². The van der Waals surface area contributed by atoms with Gasteiger partial charge in [0.25, 0.3) is 0 Å². The third-order valence-corrected chi connectivity index (χ3v) is 12.5. The van der Waals surface area contributed by atoms with E-state index in [1.165, 1.54) is 13.8 Å². The number of fused-ring (bicyclic) bond motifs is 7. The second-order valence-electron chi connectivity index (χ2n) is 14.4. The van der Waals surface area contributed by atoms with E-state index >= 15 is 0 Å².